The van der Waals surface area contributed by atoms with E-state index >= 15 is 0 Å². The van der Waals surface area contributed by atoms with Crippen LogP contribution in [0.1, 0.15) is 73.6 Å². The molecular formula is C30H44O7. The molecular weight excluding hydrogens is 472 g/mol. The van der Waals surface area contributed by atoms with Crippen LogP contribution in [0.25, 0.3) is 0 Å². The van der Waals surface area contributed by atoms with Crippen LogP contribution in [-0.4, -0.2) is 60.8 Å². The average Bonchev–Trinajstić information content (AvgIpc) is 3.39. The summed E-state index contributed by atoms with van der Waals surface area (Å²) in [5.74, 6) is 0.181. The van der Waals surface area contributed by atoms with Gasteiger partial charge in [0.25, 0.3) is 0 Å². The molecule has 206 valence electrons. The van der Waals surface area contributed by atoms with E-state index in [1.165, 1.54) is 0 Å². The molecule has 0 amide bonds. The Bertz CT molecular complexity index is 1000. The second kappa shape index (κ2) is 8.36. The molecule has 4 bridgehead atoms. The molecule has 4 aliphatic carbocycles. The van der Waals surface area contributed by atoms with Crippen LogP contribution in [0.2, 0.25) is 0 Å². The van der Waals surface area contributed by atoms with Crippen molar-refractivity contribution < 1.29 is 33.6 Å². The monoisotopic (exact) mass is 516 g/mol. The van der Waals surface area contributed by atoms with E-state index in [1.54, 1.807) is 0 Å². The lowest BCUT2D eigenvalue weighted by Gasteiger charge is -2.58. The van der Waals surface area contributed by atoms with E-state index < -0.39 is 28.5 Å². The van der Waals surface area contributed by atoms with Crippen molar-refractivity contribution in [2.75, 3.05) is 13.2 Å². The quantitative estimate of drug-likeness (QED) is 0.407. The first-order valence-electron chi connectivity index (χ1n) is 14.4. The summed E-state index contributed by atoms with van der Waals surface area (Å²) in [7, 11) is 0. The van der Waals surface area contributed by atoms with Crippen molar-refractivity contribution in [3.05, 3.63) is 11.6 Å². The summed E-state index contributed by atoms with van der Waals surface area (Å²) in [5.41, 5.74) is -2.16. The summed E-state index contributed by atoms with van der Waals surface area (Å²) in [6.07, 6.45) is 6.29. The van der Waals surface area contributed by atoms with Crippen molar-refractivity contribution in [1.29, 1.82) is 0 Å². The fourth-order valence-corrected chi connectivity index (χ4v) is 10.1. The SMILES string of the molecule is CC(C)C1=CC2CC3(C=O)[C@@H]4CC[C@@H](C)[C@H]4CC2(CO[C@H]2CC4OC(C)(C)COC4[C@@H](C)O2)C13C(=O)O. The van der Waals surface area contributed by atoms with E-state index in [-0.39, 0.29) is 48.3 Å². The molecule has 7 nitrogen and oxygen atoms in total. The minimum Gasteiger partial charge on any atom is -0.481 e. The van der Waals surface area contributed by atoms with Crippen molar-refractivity contribution >= 4 is 12.3 Å². The number of allylic oxidation sites excluding steroid dienone is 1. The number of hydrogen-bond donors (Lipinski definition) is 1. The molecule has 0 spiro atoms. The molecule has 0 aromatic rings. The van der Waals surface area contributed by atoms with Crippen LogP contribution < -0.4 is 0 Å². The number of fused-ring (bicyclic) bond motifs is 3. The van der Waals surface area contributed by atoms with E-state index in [0.717, 1.165) is 31.1 Å². The van der Waals surface area contributed by atoms with E-state index in [9.17, 15) is 14.7 Å². The zero-order valence-electron chi connectivity index (χ0n) is 23.2. The minimum absolute atomic E-state index is 0.0194. The smallest absolute Gasteiger partial charge is 0.315 e. The van der Waals surface area contributed by atoms with E-state index in [0.29, 0.717) is 31.3 Å². The van der Waals surface area contributed by atoms with Gasteiger partial charge in [-0.2, -0.15) is 0 Å². The number of aliphatic carboxylic acids is 1. The summed E-state index contributed by atoms with van der Waals surface area (Å²) in [6, 6.07) is 0. The van der Waals surface area contributed by atoms with Gasteiger partial charge < -0.3 is 28.8 Å². The van der Waals surface area contributed by atoms with Crippen LogP contribution in [0, 0.1) is 45.8 Å². The van der Waals surface area contributed by atoms with Gasteiger partial charge in [-0.1, -0.05) is 38.8 Å². The average molecular weight is 517 g/mol. The normalized spacial score (nSPS) is 51.5. The molecule has 6 unspecified atom stereocenters. The largest absolute Gasteiger partial charge is 0.481 e. The van der Waals surface area contributed by atoms with Crippen molar-refractivity contribution in [2.24, 2.45) is 45.8 Å². The molecule has 6 rings (SSSR count). The van der Waals surface area contributed by atoms with Gasteiger partial charge in [0.05, 0.1) is 36.4 Å². The Labute approximate surface area is 220 Å². The molecule has 37 heavy (non-hydrogen) atoms. The Morgan fingerprint density at radius 2 is 2.00 bits per heavy atom. The predicted octanol–water partition coefficient (Wildman–Crippen LogP) is 4.63. The topological polar surface area (TPSA) is 91.3 Å². The van der Waals surface area contributed by atoms with Gasteiger partial charge in [0, 0.05) is 11.8 Å². The molecule has 2 saturated heterocycles. The highest BCUT2D eigenvalue weighted by atomic mass is 16.7. The fourth-order valence-electron chi connectivity index (χ4n) is 10.1. The van der Waals surface area contributed by atoms with Crippen LogP contribution in [0.3, 0.4) is 0 Å². The summed E-state index contributed by atoms with van der Waals surface area (Å²) in [4.78, 5) is 26.8. The fraction of sp³-hybridized carbons (Fsp3) is 0.867. The van der Waals surface area contributed by atoms with Gasteiger partial charge in [0.1, 0.15) is 17.8 Å². The molecule has 5 fully saturated rings. The molecule has 2 heterocycles. The van der Waals surface area contributed by atoms with Crippen molar-refractivity contribution in [3.63, 3.8) is 0 Å². The molecule has 11 atom stereocenters. The molecule has 3 saturated carbocycles. The molecule has 6 aliphatic rings. The third-order valence-electron chi connectivity index (χ3n) is 11.4. The number of aldehydes is 1. The standard InChI is InChI=1S/C30H44O7/c1-16(2)22-9-19-11-28(13-31)21-8-7-17(3)20(21)12-29(19,30(22,28)26(32)33)15-34-24-10-23-25(18(4)36-24)35-14-27(5,6)37-23/h9,13,16-21,23-25H,7-8,10-12,14-15H2,1-6H3,(H,32,33)/t17-,18-,19?,20-,21-,23?,24-,25?,28?,29?,30?/m1/s1. The Morgan fingerprint density at radius 3 is 2.68 bits per heavy atom. The lowest BCUT2D eigenvalue weighted by atomic mass is 9.43. The first-order chi connectivity index (χ1) is 17.4. The lowest BCUT2D eigenvalue weighted by Crippen LogP contribution is -2.64. The molecule has 0 aromatic heterocycles. The number of ether oxygens (including phenoxy) is 4. The second-order valence-electron chi connectivity index (χ2n) is 14.0. The van der Waals surface area contributed by atoms with Crippen molar-refractivity contribution in [1.82, 2.24) is 0 Å². The summed E-state index contributed by atoms with van der Waals surface area (Å²) in [5, 5.41) is 11.1. The Balaban J connectivity index is 1.35. The van der Waals surface area contributed by atoms with Gasteiger partial charge in [-0.3, -0.25) is 4.79 Å². The summed E-state index contributed by atoms with van der Waals surface area (Å²) < 4.78 is 25.3. The highest BCUT2D eigenvalue weighted by molar-refractivity contribution is 5.90. The highest BCUT2D eigenvalue weighted by Gasteiger charge is 2.84. The Hall–Kier alpha value is -1.28. The van der Waals surface area contributed by atoms with Gasteiger partial charge in [-0.25, -0.2) is 0 Å². The number of carbonyl (C=O) groups is 2. The number of carboxylic acids is 1. The van der Waals surface area contributed by atoms with E-state index in [1.807, 2.05) is 20.8 Å². The zero-order valence-corrected chi connectivity index (χ0v) is 23.2. The van der Waals surface area contributed by atoms with E-state index in [2.05, 4.69) is 26.8 Å². The van der Waals surface area contributed by atoms with Crippen molar-refractivity contribution in [3.8, 4) is 0 Å². The third kappa shape index (κ3) is 3.20. The molecule has 0 radical (unpaired) electrons. The third-order valence-corrected chi connectivity index (χ3v) is 11.4. The van der Waals surface area contributed by atoms with E-state index in [4.69, 9.17) is 18.9 Å². The number of carbonyl (C=O) groups excluding carboxylic acids is 1. The Morgan fingerprint density at radius 1 is 1.24 bits per heavy atom. The van der Waals surface area contributed by atoms with Gasteiger partial charge in [-0.15, -0.1) is 0 Å². The van der Waals surface area contributed by atoms with Crippen LogP contribution in [0.4, 0.5) is 0 Å². The van der Waals surface area contributed by atoms with Crippen LogP contribution in [-0.2, 0) is 28.5 Å². The second-order valence-corrected chi connectivity index (χ2v) is 14.0. The molecule has 1 N–H and O–H groups in total. The van der Waals surface area contributed by atoms with Crippen LogP contribution >= 0.6 is 0 Å². The molecule has 2 aliphatic heterocycles. The maximum absolute atomic E-state index is 13.6. The Kier molecular flexibility index (Phi) is 5.87. The highest BCUT2D eigenvalue weighted by Crippen LogP contribution is 2.82. The maximum Gasteiger partial charge on any atom is 0.315 e. The van der Waals surface area contributed by atoms with Gasteiger partial charge in [0.2, 0.25) is 0 Å². The number of hydrogen-bond acceptors (Lipinski definition) is 6. The van der Waals surface area contributed by atoms with Crippen LogP contribution in [0.15, 0.2) is 11.6 Å². The van der Waals surface area contributed by atoms with Gasteiger partial charge in [0.15, 0.2) is 6.29 Å². The first kappa shape index (κ1) is 26.0. The zero-order chi connectivity index (χ0) is 26.5. The lowest BCUT2D eigenvalue weighted by molar-refractivity contribution is -0.317. The van der Waals surface area contributed by atoms with Gasteiger partial charge >= 0.3 is 5.97 Å². The number of carboxylic acid groups (broad SMARTS) is 1. The van der Waals surface area contributed by atoms with Crippen LogP contribution in [0.5, 0.6) is 0 Å². The minimum atomic E-state index is -1.22. The first-order valence-corrected chi connectivity index (χ1v) is 14.4. The number of rotatable bonds is 6. The molecule has 7 heteroatoms. The van der Waals surface area contributed by atoms with Crippen molar-refractivity contribution in [2.45, 2.75) is 104 Å². The molecule has 0 aromatic carbocycles. The maximum atomic E-state index is 13.6. The predicted molar refractivity (Wildman–Crippen MR) is 136 cm³/mol. The summed E-state index contributed by atoms with van der Waals surface area (Å²) in [6.45, 7) is 13.3. The van der Waals surface area contributed by atoms with Gasteiger partial charge in [-0.05, 0) is 69.6 Å². The summed E-state index contributed by atoms with van der Waals surface area (Å²) >= 11 is 0.